The fourth-order valence-corrected chi connectivity index (χ4v) is 9.48. The van der Waals surface area contributed by atoms with Gasteiger partial charge >= 0.3 is 0 Å². The van der Waals surface area contributed by atoms with Gasteiger partial charge in [-0.15, -0.1) is 0 Å². The van der Waals surface area contributed by atoms with Crippen molar-refractivity contribution in [2.45, 2.75) is 13.1 Å². The highest BCUT2D eigenvalue weighted by Gasteiger charge is 2.37. The third-order valence-electron chi connectivity index (χ3n) is 8.73. The minimum absolute atomic E-state index is 0.675. The third kappa shape index (κ3) is 4.39. The summed E-state index contributed by atoms with van der Waals surface area (Å²) in [5.74, 6) is 2.06. The van der Waals surface area contributed by atoms with Crippen molar-refractivity contribution < 1.29 is 0 Å². The molecule has 0 radical (unpaired) electrons. The van der Waals surface area contributed by atoms with Crippen molar-refractivity contribution in [2.75, 3.05) is 0 Å². The van der Waals surface area contributed by atoms with E-state index in [9.17, 15) is 0 Å². The minimum Gasteiger partial charge on any atom is -0.208 e. The van der Waals surface area contributed by atoms with Crippen molar-refractivity contribution in [1.29, 1.82) is 0 Å². The predicted molar refractivity (Wildman–Crippen MR) is 181 cm³/mol. The molecule has 8 rings (SSSR count). The molecule has 1 aromatic heterocycles. The second kappa shape index (κ2) is 9.97. The molecule has 1 aliphatic heterocycles. The van der Waals surface area contributed by atoms with Crippen LogP contribution in [-0.2, 0) is 0 Å². The van der Waals surface area contributed by atoms with E-state index in [2.05, 4.69) is 134 Å². The lowest BCUT2D eigenvalue weighted by Gasteiger charge is -2.19. The van der Waals surface area contributed by atoms with Gasteiger partial charge in [-0.2, -0.15) is 0 Å². The molecule has 0 N–H and O–H groups in total. The van der Waals surface area contributed by atoms with Gasteiger partial charge in [0.05, 0.1) is 0 Å². The topological polar surface area (TPSA) is 38.7 Å². The Labute approximate surface area is 252 Å². The van der Waals surface area contributed by atoms with Gasteiger partial charge in [-0.3, -0.25) is 0 Å². The summed E-state index contributed by atoms with van der Waals surface area (Å²) in [6.07, 6.45) is 0. The molecule has 0 fully saturated rings. The van der Waals surface area contributed by atoms with Crippen molar-refractivity contribution >= 4 is 29.2 Å². The van der Waals surface area contributed by atoms with Gasteiger partial charge < -0.3 is 0 Å². The van der Waals surface area contributed by atoms with E-state index in [0.29, 0.717) is 17.5 Å². The largest absolute Gasteiger partial charge is 0.208 e. The molecule has 4 heteroatoms. The second-order valence-electron chi connectivity index (χ2n) is 11.7. The number of hydrogen-bond acceptors (Lipinski definition) is 3. The molecule has 2 heterocycles. The molecule has 0 spiro atoms. The zero-order valence-corrected chi connectivity index (χ0v) is 25.1. The maximum absolute atomic E-state index is 5.06. The standard InChI is InChI=1S/C39H29N3Si/c1-43(2)35-15-9-8-14-33(35)34-23-22-32(25-36(34)43)39-41-37(28-11-4-3-5-12-28)40-38(42-39)29-19-16-27(17-20-29)31-21-18-26-10-6-7-13-30(26)24-31/h3-25H,1-2H3. The van der Waals surface area contributed by atoms with Crippen molar-refractivity contribution in [3.63, 3.8) is 0 Å². The van der Waals surface area contributed by atoms with Crippen LogP contribution in [0.4, 0.5) is 0 Å². The first-order valence-corrected chi connectivity index (χ1v) is 17.7. The van der Waals surface area contributed by atoms with E-state index in [0.717, 1.165) is 22.3 Å². The van der Waals surface area contributed by atoms with Crippen LogP contribution in [-0.4, -0.2) is 23.0 Å². The molecule has 0 saturated carbocycles. The molecule has 0 aliphatic carbocycles. The zero-order chi connectivity index (χ0) is 29.0. The number of fused-ring (bicyclic) bond motifs is 4. The average molecular weight is 568 g/mol. The highest BCUT2D eigenvalue weighted by atomic mass is 28.3. The predicted octanol–water partition coefficient (Wildman–Crippen LogP) is 8.50. The quantitative estimate of drug-likeness (QED) is 0.200. The number of rotatable bonds is 4. The number of hydrogen-bond donors (Lipinski definition) is 0. The molecule has 6 aromatic carbocycles. The first-order chi connectivity index (χ1) is 21.0. The molecule has 0 amide bonds. The Hall–Kier alpha value is -5.19. The van der Waals surface area contributed by atoms with Crippen molar-refractivity contribution in [3.05, 3.63) is 140 Å². The van der Waals surface area contributed by atoms with E-state index < -0.39 is 8.07 Å². The van der Waals surface area contributed by atoms with Gasteiger partial charge in [0.1, 0.15) is 8.07 Å². The summed E-state index contributed by atoms with van der Waals surface area (Å²) in [4.78, 5) is 15.0. The maximum atomic E-state index is 5.06. The lowest BCUT2D eigenvalue weighted by atomic mass is 10.00. The maximum Gasteiger partial charge on any atom is 0.164 e. The lowest BCUT2D eigenvalue weighted by Crippen LogP contribution is -2.49. The summed E-state index contributed by atoms with van der Waals surface area (Å²) in [6, 6.07) is 49.4. The van der Waals surface area contributed by atoms with Crippen LogP contribution in [0.25, 0.3) is 67.2 Å². The summed E-state index contributed by atoms with van der Waals surface area (Å²) in [7, 11) is -1.83. The molecule has 43 heavy (non-hydrogen) atoms. The SMILES string of the molecule is C[Si]1(C)c2ccccc2-c2ccc(-c3nc(-c4ccccc4)nc(-c4ccc(-c5ccc6ccccc6c5)cc4)n3)cc21. The molecule has 3 nitrogen and oxygen atoms in total. The van der Waals surface area contributed by atoms with Gasteiger partial charge in [-0.25, -0.2) is 15.0 Å². The Bertz CT molecular complexity index is 2150. The highest BCUT2D eigenvalue weighted by molar-refractivity contribution is 7.03. The molecule has 0 unspecified atom stereocenters. The van der Waals surface area contributed by atoms with Crippen LogP contribution in [0.3, 0.4) is 0 Å². The number of benzene rings is 6. The Morgan fingerprint density at radius 1 is 0.372 bits per heavy atom. The molecular formula is C39H29N3Si. The van der Waals surface area contributed by atoms with Crippen molar-refractivity contribution in [2.24, 2.45) is 0 Å². The van der Waals surface area contributed by atoms with E-state index in [-0.39, 0.29) is 0 Å². The third-order valence-corrected chi connectivity index (χ3v) is 12.3. The Kier molecular flexibility index (Phi) is 5.91. The monoisotopic (exact) mass is 567 g/mol. The smallest absolute Gasteiger partial charge is 0.164 e. The van der Waals surface area contributed by atoms with Crippen LogP contribution in [0, 0.1) is 0 Å². The molecule has 0 atom stereocenters. The molecule has 204 valence electrons. The number of nitrogens with zero attached hydrogens (tertiary/aromatic N) is 3. The van der Waals surface area contributed by atoms with Gasteiger partial charge in [0.25, 0.3) is 0 Å². The molecule has 1 aliphatic rings. The van der Waals surface area contributed by atoms with Crippen LogP contribution >= 0.6 is 0 Å². The second-order valence-corrected chi connectivity index (χ2v) is 16.1. The summed E-state index contributed by atoms with van der Waals surface area (Å²) < 4.78 is 0. The van der Waals surface area contributed by atoms with Crippen LogP contribution < -0.4 is 10.4 Å². The summed E-state index contributed by atoms with van der Waals surface area (Å²) in [5, 5.41) is 5.42. The van der Waals surface area contributed by atoms with Gasteiger partial charge in [-0.05, 0) is 49.5 Å². The van der Waals surface area contributed by atoms with E-state index in [1.807, 2.05) is 18.2 Å². The highest BCUT2D eigenvalue weighted by Crippen LogP contribution is 2.32. The van der Waals surface area contributed by atoms with Crippen LogP contribution in [0.5, 0.6) is 0 Å². The lowest BCUT2D eigenvalue weighted by molar-refractivity contribution is 1.07. The molecule has 0 bridgehead atoms. The molecule has 0 saturated heterocycles. The first kappa shape index (κ1) is 25.5. The Morgan fingerprint density at radius 2 is 0.907 bits per heavy atom. The summed E-state index contributed by atoms with van der Waals surface area (Å²) >= 11 is 0. The fraction of sp³-hybridized carbons (Fsp3) is 0.0513. The van der Waals surface area contributed by atoms with Crippen molar-refractivity contribution in [3.8, 4) is 56.4 Å². The van der Waals surface area contributed by atoms with Crippen LogP contribution in [0.1, 0.15) is 0 Å². The summed E-state index contributed by atoms with van der Waals surface area (Å²) in [6.45, 7) is 4.87. The zero-order valence-electron chi connectivity index (χ0n) is 24.1. The Morgan fingerprint density at radius 3 is 1.67 bits per heavy atom. The van der Waals surface area contributed by atoms with Gasteiger partial charge in [0, 0.05) is 16.7 Å². The van der Waals surface area contributed by atoms with Gasteiger partial charge in [-0.1, -0.05) is 147 Å². The first-order valence-electron chi connectivity index (χ1n) is 14.7. The molecule has 7 aromatic rings. The van der Waals surface area contributed by atoms with E-state index >= 15 is 0 Å². The average Bonchev–Trinajstić information content (AvgIpc) is 3.30. The van der Waals surface area contributed by atoms with E-state index in [1.54, 1.807) is 0 Å². The van der Waals surface area contributed by atoms with E-state index in [4.69, 9.17) is 15.0 Å². The summed E-state index contributed by atoms with van der Waals surface area (Å²) in [5.41, 5.74) is 8.04. The number of aromatic nitrogens is 3. The van der Waals surface area contributed by atoms with Crippen molar-refractivity contribution in [1.82, 2.24) is 15.0 Å². The van der Waals surface area contributed by atoms with E-state index in [1.165, 1.54) is 37.8 Å². The van der Waals surface area contributed by atoms with Gasteiger partial charge in [0.2, 0.25) is 0 Å². The normalized spacial score (nSPS) is 13.1. The van der Waals surface area contributed by atoms with Gasteiger partial charge in [0.15, 0.2) is 17.5 Å². The Balaban J connectivity index is 1.22. The van der Waals surface area contributed by atoms with Crippen LogP contribution in [0.2, 0.25) is 13.1 Å². The molecular weight excluding hydrogens is 539 g/mol. The van der Waals surface area contributed by atoms with Crippen LogP contribution in [0.15, 0.2) is 140 Å². The minimum atomic E-state index is -1.83. The fourth-order valence-electron chi connectivity index (χ4n) is 6.37.